The molecule has 7 nitrogen and oxygen atoms in total. The van der Waals surface area contributed by atoms with Gasteiger partial charge in [0.05, 0.1) is 13.2 Å². The Morgan fingerprint density at radius 2 is 1.94 bits per heavy atom. The van der Waals surface area contributed by atoms with Gasteiger partial charge in [0.15, 0.2) is 0 Å². The second kappa shape index (κ2) is 7.83. The van der Waals surface area contributed by atoms with E-state index in [1.54, 1.807) is 0 Å². The summed E-state index contributed by atoms with van der Waals surface area (Å²) in [4.78, 5) is 13.1. The van der Waals surface area contributed by atoms with E-state index in [0.29, 0.717) is 19.6 Å². The molecule has 1 aliphatic heterocycles. The summed E-state index contributed by atoms with van der Waals surface area (Å²) in [5.74, 6) is -0.684. The Hall–Kier alpha value is -0.410. The van der Waals surface area contributed by atoms with Crippen molar-refractivity contribution in [1.29, 1.82) is 0 Å². The molecule has 1 rings (SSSR count). The predicted octanol–water partition coefficient (Wildman–Crippen LogP) is -0.560. The van der Waals surface area contributed by atoms with Crippen molar-refractivity contribution in [2.24, 2.45) is 0 Å². The monoisotopic (exact) mass is 288 g/mol. The Morgan fingerprint density at radius 1 is 1.35 bits per heavy atom. The van der Waals surface area contributed by atoms with Gasteiger partial charge in [0.1, 0.15) is 0 Å². The normalized spacial score (nSPS) is 17.2. The zero-order chi connectivity index (χ0) is 12.0. The number of rotatable bonds is 5. The zero-order valence-electron chi connectivity index (χ0n) is 9.29. The molecule has 1 aliphatic rings. The molecule has 0 aromatic heterocycles. The standard InChI is InChI=1S/C8H16N2O5S.ClH/c11-8(9-16(12,13)14)2-1-3-10-4-6-15-7-5-10;/h1-7H2,(H,9,11)(H,12,13,14);1H. The summed E-state index contributed by atoms with van der Waals surface area (Å²) in [5.41, 5.74) is 0. The molecule has 1 amide bonds. The quantitative estimate of drug-likeness (QED) is 0.659. The molecule has 1 fully saturated rings. The smallest absolute Gasteiger partial charge is 0.359 e. The molecular weight excluding hydrogens is 272 g/mol. The fourth-order valence-corrected chi connectivity index (χ4v) is 1.87. The van der Waals surface area contributed by atoms with Gasteiger partial charge >= 0.3 is 10.3 Å². The van der Waals surface area contributed by atoms with E-state index in [9.17, 15) is 13.2 Å². The van der Waals surface area contributed by atoms with Gasteiger partial charge < -0.3 is 4.74 Å². The van der Waals surface area contributed by atoms with Crippen molar-refractivity contribution >= 4 is 28.6 Å². The maximum absolute atomic E-state index is 11.0. The van der Waals surface area contributed by atoms with Crippen LogP contribution in [-0.4, -0.2) is 56.6 Å². The van der Waals surface area contributed by atoms with E-state index in [-0.39, 0.29) is 18.8 Å². The van der Waals surface area contributed by atoms with Crippen LogP contribution in [0, 0.1) is 0 Å². The highest BCUT2D eigenvalue weighted by Crippen LogP contribution is 2.00. The summed E-state index contributed by atoms with van der Waals surface area (Å²) in [5, 5.41) is 0. The van der Waals surface area contributed by atoms with Crippen LogP contribution in [0.2, 0.25) is 0 Å². The van der Waals surface area contributed by atoms with Crippen LogP contribution >= 0.6 is 12.4 Å². The van der Waals surface area contributed by atoms with Gasteiger partial charge in [0.2, 0.25) is 5.91 Å². The Balaban J connectivity index is 0.00000256. The summed E-state index contributed by atoms with van der Waals surface area (Å²) < 4.78 is 35.6. The summed E-state index contributed by atoms with van der Waals surface area (Å²) in [6, 6.07) is 0. The SMILES string of the molecule is Cl.O=C(CCCN1CCOCC1)NS(=O)(=O)O. The molecule has 0 radical (unpaired) electrons. The number of ether oxygens (including phenoxy) is 1. The van der Waals surface area contributed by atoms with Crippen molar-refractivity contribution in [1.82, 2.24) is 9.62 Å². The summed E-state index contributed by atoms with van der Waals surface area (Å²) >= 11 is 0. The van der Waals surface area contributed by atoms with Gasteiger partial charge in [-0.3, -0.25) is 14.2 Å². The number of amides is 1. The predicted molar refractivity (Wildman–Crippen MR) is 63.4 cm³/mol. The fourth-order valence-electron chi connectivity index (χ4n) is 1.48. The van der Waals surface area contributed by atoms with Gasteiger partial charge in [-0.1, -0.05) is 0 Å². The number of hydrogen-bond acceptors (Lipinski definition) is 5. The van der Waals surface area contributed by atoms with Crippen molar-refractivity contribution < 1.29 is 22.5 Å². The molecule has 0 atom stereocenters. The van der Waals surface area contributed by atoms with Crippen LogP contribution in [0.1, 0.15) is 12.8 Å². The first-order chi connectivity index (χ1) is 7.47. The lowest BCUT2D eigenvalue weighted by Gasteiger charge is -2.26. The number of nitrogens with zero attached hydrogens (tertiary/aromatic N) is 1. The highest BCUT2D eigenvalue weighted by Gasteiger charge is 2.12. The Bertz CT molecular complexity index is 329. The molecule has 2 N–H and O–H groups in total. The lowest BCUT2D eigenvalue weighted by Crippen LogP contribution is -2.37. The van der Waals surface area contributed by atoms with Crippen molar-refractivity contribution in [2.45, 2.75) is 12.8 Å². The molecular formula is C8H17ClN2O5S. The third-order valence-corrected chi connectivity index (χ3v) is 2.71. The van der Waals surface area contributed by atoms with E-state index in [0.717, 1.165) is 19.6 Å². The van der Waals surface area contributed by atoms with Crippen molar-refractivity contribution in [2.75, 3.05) is 32.8 Å². The van der Waals surface area contributed by atoms with Gasteiger partial charge in [0.25, 0.3) is 0 Å². The molecule has 17 heavy (non-hydrogen) atoms. The van der Waals surface area contributed by atoms with E-state index in [1.807, 2.05) is 0 Å². The molecule has 0 unspecified atom stereocenters. The van der Waals surface area contributed by atoms with Crippen LogP contribution in [-0.2, 0) is 19.8 Å². The third-order valence-electron chi connectivity index (χ3n) is 2.22. The second-order valence-electron chi connectivity index (χ2n) is 3.56. The zero-order valence-corrected chi connectivity index (χ0v) is 10.9. The Labute approximate surface area is 107 Å². The average Bonchev–Trinajstić information content (AvgIpc) is 2.16. The lowest BCUT2D eigenvalue weighted by molar-refractivity contribution is -0.119. The molecule has 0 spiro atoms. The number of halogens is 1. The van der Waals surface area contributed by atoms with Gasteiger partial charge in [-0.15, -0.1) is 12.4 Å². The minimum atomic E-state index is -4.41. The molecule has 1 saturated heterocycles. The van der Waals surface area contributed by atoms with Crippen LogP contribution < -0.4 is 4.72 Å². The Kier molecular flexibility index (Phi) is 7.64. The topological polar surface area (TPSA) is 95.9 Å². The maximum Gasteiger partial charge on any atom is 0.359 e. The van der Waals surface area contributed by atoms with E-state index < -0.39 is 16.2 Å². The molecule has 0 bridgehead atoms. The van der Waals surface area contributed by atoms with Crippen LogP contribution in [0.5, 0.6) is 0 Å². The number of hydrogen-bond donors (Lipinski definition) is 2. The molecule has 0 saturated carbocycles. The van der Waals surface area contributed by atoms with Crippen LogP contribution in [0.25, 0.3) is 0 Å². The largest absolute Gasteiger partial charge is 0.379 e. The summed E-state index contributed by atoms with van der Waals surface area (Å²) in [6.45, 7) is 3.77. The maximum atomic E-state index is 11.0. The van der Waals surface area contributed by atoms with Gasteiger partial charge in [-0.25, -0.2) is 4.72 Å². The fraction of sp³-hybridized carbons (Fsp3) is 0.875. The van der Waals surface area contributed by atoms with Crippen molar-refractivity contribution in [3.05, 3.63) is 0 Å². The summed E-state index contributed by atoms with van der Waals surface area (Å²) in [7, 11) is -4.41. The van der Waals surface area contributed by atoms with E-state index in [1.165, 1.54) is 4.72 Å². The van der Waals surface area contributed by atoms with Crippen LogP contribution in [0.15, 0.2) is 0 Å². The summed E-state index contributed by atoms with van der Waals surface area (Å²) in [6.07, 6.45) is 0.637. The van der Waals surface area contributed by atoms with Crippen LogP contribution in [0.3, 0.4) is 0 Å². The van der Waals surface area contributed by atoms with E-state index in [4.69, 9.17) is 9.29 Å². The van der Waals surface area contributed by atoms with E-state index in [2.05, 4.69) is 4.90 Å². The van der Waals surface area contributed by atoms with Gasteiger partial charge in [0, 0.05) is 19.5 Å². The number of carbonyl (C=O) groups excluding carboxylic acids is 1. The van der Waals surface area contributed by atoms with Crippen molar-refractivity contribution in [3.8, 4) is 0 Å². The first-order valence-corrected chi connectivity index (χ1v) is 6.49. The molecule has 0 aromatic rings. The number of nitrogens with one attached hydrogen (secondary N) is 1. The average molecular weight is 289 g/mol. The molecule has 9 heteroatoms. The minimum absolute atomic E-state index is 0. The van der Waals surface area contributed by atoms with Crippen LogP contribution in [0.4, 0.5) is 0 Å². The molecule has 0 aliphatic carbocycles. The first kappa shape index (κ1) is 16.6. The highest BCUT2D eigenvalue weighted by atomic mass is 35.5. The first-order valence-electron chi connectivity index (χ1n) is 5.05. The van der Waals surface area contributed by atoms with Gasteiger partial charge in [-0.05, 0) is 13.0 Å². The second-order valence-corrected chi connectivity index (χ2v) is 4.71. The molecule has 1 heterocycles. The molecule has 0 aromatic carbocycles. The lowest BCUT2D eigenvalue weighted by atomic mass is 10.2. The minimum Gasteiger partial charge on any atom is -0.379 e. The number of carbonyl (C=O) groups is 1. The molecule has 102 valence electrons. The Morgan fingerprint density at radius 3 is 2.47 bits per heavy atom. The number of morpholine rings is 1. The third kappa shape index (κ3) is 8.33. The van der Waals surface area contributed by atoms with E-state index >= 15 is 0 Å². The van der Waals surface area contributed by atoms with Gasteiger partial charge in [-0.2, -0.15) is 8.42 Å². The highest BCUT2D eigenvalue weighted by molar-refractivity contribution is 7.84. The van der Waals surface area contributed by atoms with Crippen molar-refractivity contribution in [3.63, 3.8) is 0 Å².